The van der Waals surface area contributed by atoms with Gasteiger partial charge in [-0.2, -0.15) is 0 Å². The minimum atomic E-state index is 0.328. The molecule has 64 valence electrons. The van der Waals surface area contributed by atoms with Crippen molar-refractivity contribution in [1.29, 1.82) is 0 Å². The molecule has 0 aliphatic carbocycles. The molecular weight excluding hydrogens is 138 g/mol. The van der Waals surface area contributed by atoms with Crippen molar-refractivity contribution in [2.75, 3.05) is 13.6 Å². The minimum absolute atomic E-state index is 0.328. The molecule has 0 spiro atoms. The van der Waals surface area contributed by atoms with Crippen molar-refractivity contribution in [2.45, 2.75) is 32.6 Å². The first-order valence-corrected chi connectivity index (χ1v) is 4.48. The van der Waals surface area contributed by atoms with Gasteiger partial charge in [0.15, 0.2) is 0 Å². The van der Waals surface area contributed by atoms with Crippen LogP contribution in [0.15, 0.2) is 0 Å². The van der Waals surface area contributed by atoms with Crippen LogP contribution in [0.25, 0.3) is 0 Å². The van der Waals surface area contributed by atoms with Gasteiger partial charge < -0.3 is 4.90 Å². The summed E-state index contributed by atoms with van der Waals surface area (Å²) >= 11 is 0. The van der Waals surface area contributed by atoms with E-state index in [0.29, 0.717) is 11.8 Å². The van der Waals surface area contributed by atoms with E-state index >= 15 is 0 Å². The van der Waals surface area contributed by atoms with Crippen LogP contribution < -0.4 is 0 Å². The van der Waals surface area contributed by atoms with Gasteiger partial charge in [-0.3, -0.25) is 4.79 Å². The number of likely N-dealkylation sites (tertiary alicyclic amines) is 1. The van der Waals surface area contributed by atoms with Crippen molar-refractivity contribution in [3.63, 3.8) is 0 Å². The summed E-state index contributed by atoms with van der Waals surface area (Å²) in [4.78, 5) is 13.0. The maximum atomic E-state index is 11.2. The molecule has 1 fully saturated rings. The van der Waals surface area contributed by atoms with Crippen molar-refractivity contribution < 1.29 is 4.79 Å². The smallest absolute Gasteiger partial charge is 0.222 e. The minimum Gasteiger partial charge on any atom is -0.346 e. The Morgan fingerprint density at radius 2 is 2.36 bits per heavy atom. The molecule has 1 rings (SSSR count). The normalized spacial score (nSPS) is 25.8. The molecule has 2 nitrogen and oxygen atoms in total. The van der Waals surface area contributed by atoms with Crippen LogP contribution in [0.5, 0.6) is 0 Å². The van der Waals surface area contributed by atoms with Gasteiger partial charge in [-0.15, -0.1) is 0 Å². The Balaban J connectivity index is 2.34. The van der Waals surface area contributed by atoms with Gasteiger partial charge in [0.05, 0.1) is 0 Å². The van der Waals surface area contributed by atoms with Crippen molar-refractivity contribution in [3.8, 4) is 0 Å². The quantitative estimate of drug-likeness (QED) is 0.594. The Morgan fingerprint density at radius 1 is 1.64 bits per heavy atom. The first-order valence-electron chi connectivity index (χ1n) is 4.48. The van der Waals surface area contributed by atoms with Crippen LogP contribution in [0.3, 0.4) is 0 Å². The van der Waals surface area contributed by atoms with E-state index in [4.69, 9.17) is 0 Å². The van der Waals surface area contributed by atoms with E-state index in [1.807, 2.05) is 11.9 Å². The van der Waals surface area contributed by atoms with E-state index in [9.17, 15) is 4.79 Å². The molecule has 0 aromatic carbocycles. The third kappa shape index (κ3) is 2.21. The third-order valence-electron chi connectivity index (χ3n) is 2.46. The lowest BCUT2D eigenvalue weighted by atomic mass is 9.92. The van der Waals surface area contributed by atoms with Crippen LogP contribution >= 0.6 is 0 Å². The SMILES string of the molecule is CCCC1CCN(C)C(=O)C1. The van der Waals surface area contributed by atoms with E-state index < -0.39 is 0 Å². The van der Waals surface area contributed by atoms with Gasteiger partial charge in [-0.25, -0.2) is 0 Å². The van der Waals surface area contributed by atoms with Crippen LogP contribution in [0.4, 0.5) is 0 Å². The van der Waals surface area contributed by atoms with Gasteiger partial charge in [0.1, 0.15) is 0 Å². The molecule has 1 unspecified atom stereocenters. The molecule has 11 heavy (non-hydrogen) atoms. The fraction of sp³-hybridized carbons (Fsp3) is 0.889. The number of rotatable bonds is 2. The lowest BCUT2D eigenvalue weighted by Crippen LogP contribution is -2.35. The highest BCUT2D eigenvalue weighted by molar-refractivity contribution is 5.76. The summed E-state index contributed by atoms with van der Waals surface area (Å²) in [7, 11) is 1.89. The number of hydrogen-bond acceptors (Lipinski definition) is 1. The van der Waals surface area contributed by atoms with Gasteiger partial charge in [-0.1, -0.05) is 19.8 Å². The summed E-state index contributed by atoms with van der Waals surface area (Å²) in [5.41, 5.74) is 0. The van der Waals surface area contributed by atoms with E-state index in [2.05, 4.69) is 6.92 Å². The van der Waals surface area contributed by atoms with E-state index in [1.165, 1.54) is 19.3 Å². The van der Waals surface area contributed by atoms with Gasteiger partial charge >= 0.3 is 0 Å². The third-order valence-corrected chi connectivity index (χ3v) is 2.46. The predicted octanol–water partition coefficient (Wildman–Crippen LogP) is 1.65. The number of carbonyl (C=O) groups is 1. The zero-order valence-electron chi connectivity index (χ0n) is 7.47. The predicted molar refractivity (Wildman–Crippen MR) is 45.3 cm³/mol. The van der Waals surface area contributed by atoms with E-state index in [0.717, 1.165) is 13.0 Å². The molecule has 0 N–H and O–H groups in total. The molecule has 1 saturated heterocycles. The number of piperidine rings is 1. The Morgan fingerprint density at radius 3 is 2.91 bits per heavy atom. The average molecular weight is 155 g/mol. The Kier molecular flexibility index (Phi) is 2.92. The molecule has 1 amide bonds. The van der Waals surface area contributed by atoms with Gasteiger partial charge in [0.2, 0.25) is 5.91 Å². The Labute approximate surface area is 68.6 Å². The van der Waals surface area contributed by atoms with Gasteiger partial charge in [0, 0.05) is 20.0 Å². The average Bonchev–Trinajstić information content (AvgIpc) is 1.98. The second-order valence-electron chi connectivity index (χ2n) is 3.46. The molecule has 0 saturated carbocycles. The molecule has 0 aromatic heterocycles. The van der Waals surface area contributed by atoms with Crippen LogP contribution in [0, 0.1) is 5.92 Å². The number of amides is 1. The summed E-state index contributed by atoms with van der Waals surface area (Å²) < 4.78 is 0. The topological polar surface area (TPSA) is 20.3 Å². The van der Waals surface area contributed by atoms with E-state index in [-0.39, 0.29) is 0 Å². The molecule has 0 aromatic rings. The molecule has 1 aliphatic rings. The number of carbonyl (C=O) groups excluding carboxylic acids is 1. The van der Waals surface area contributed by atoms with Gasteiger partial charge in [0.25, 0.3) is 0 Å². The summed E-state index contributed by atoms with van der Waals surface area (Å²) in [6.07, 6.45) is 4.42. The zero-order valence-corrected chi connectivity index (χ0v) is 7.47. The molecule has 2 heteroatoms. The highest BCUT2D eigenvalue weighted by atomic mass is 16.2. The monoisotopic (exact) mass is 155 g/mol. The molecule has 0 radical (unpaired) electrons. The lowest BCUT2D eigenvalue weighted by molar-refractivity contribution is -0.133. The summed E-state index contributed by atoms with van der Waals surface area (Å²) in [5, 5.41) is 0. The Bertz CT molecular complexity index is 144. The first kappa shape index (κ1) is 8.57. The van der Waals surface area contributed by atoms with Crippen molar-refractivity contribution in [1.82, 2.24) is 4.90 Å². The van der Waals surface area contributed by atoms with Gasteiger partial charge in [-0.05, 0) is 12.3 Å². The largest absolute Gasteiger partial charge is 0.346 e. The van der Waals surface area contributed by atoms with Crippen molar-refractivity contribution in [3.05, 3.63) is 0 Å². The van der Waals surface area contributed by atoms with Crippen LogP contribution in [-0.4, -0.2) is 24.4 Å². The molecule has 1 atom stereocenters. The maximum absolute atomic E-state index is 11.2. The first-order chi connectivity index (χ1) is 5.24. The zero-order chi connectivity index (χ0) is 8.27. The lowest BCUT2D eigenvalue weighted by Gasteiger charge is -2.28. The Hall–Kier alpha value is -0.530. The second-order valence-corrected chi connectivity index (χ2v) is 3.46. The highest BCUT2D eigenvalue weighted by Crippen LogP contribution is 2.21. The molecule has 0 bridgehead atoms. The second kappa shape index (κ2) is 3.74. The fourth-order valence-corrected chi connectivity index (χ4v) is 1.66. The van der Waals surface area contributed by atoms with Crippen LogP contribution in [0.2, 0.25) is 0 Å². The van der Waals surface area contributed by atoms with Crippen molar-refractivity contribution in [2.24, 2.45) is 5.92 Å². The van der Waals surface area contributed by atoms with Crippen molar-refractivity contribution >= 4 is 5.91 Å². The molecular formula is C9H17NO. The molecule has 1 aliphatic heterocycles. The fourth-order valence-electron chi connectivity index (χ4n) is 1.66. The summed E-state index contributed by atoms with van der Waals surface area (Å²) in [5.74, 6) is 0.999. The molecule has 1 heterocycles. The number of hydrogen-bond donors (Lipinski definition) is 0. The summed E-state index contributed by atoms with van der Waals surface area (Å²) in [6.45, 7) is 3.15. The van der Waals surface area contributed by atoms with Crippen LogP contribution in [0.1, 0.15) is 32.6 Å². The van der Waals surface area contributed by atoms with Crippen LogP contribution in [-0.2, 0) is 4.79 Å². The van der Waals surface area contributed by atoms with E-state index in [1.54, 1.807) is 0 Å². The maximum Gasteiger partial charge on any atom is 0.222 e. The highest BCUT2D eigenvalue weighted by Gasteiger charge is 2.21. The number of nitrogens with zero attached hydrogens (tertiary/aromatic N) is 1. The standard InChI is InChI=1S/C9H17NO/c1-3-4-8-5-6-10(2)9(11)7-8/h8H,3-7H2,1-2H3. The summed E-state index contributed by atoms with van der Waals surface area (Å²) in [6, 6.07) is 0.